The Morgan fingerprint density at radius 3 is 2.87 bits per heavy atom. The van der Waals surface area contributed by atoms with Crippen molar-refractivity contribution in [2.75, 3.05) is 13.1 Å². The fourth-order valence-electron chi connectivity index (χ4n) is 1.64. The summed E-state index contributed by atoms with van der Waals surface area (Å²) in [5.41, 5.74) is 12.9. The normalized spacial score (nSPS) is 19.0. The van der Waals surface area contributed by atoms with E-state index in [1.54, 1.807) is 0 Å². The monoisotopic (exact) mass is 211 g/mol. The fraction of sp³-hybridized carbons (Fsp3) is 0.889. The SMILES string of the molecule is CC(NCCCN=[N+]=[N-])(C(N)=O)C1CC1. The van der Waals surface area contributed by atoms with E-state index in [-0.39, 0.29) is 5.91 Å². The first kappa shape index (κ1) is 11.8. The van der Waals surface area contributed by atoms with Crippen molar-refractivity contribution in [2.45, 2.75) is 31.7 Å². The summed E-state index contributed by atoms with van der Waals surface area (Å²) in [6.07, 6.45) is 2.84. The number of nitrogens with zero attached hydrogens (tertiary/aromatic N) is 3. The number of amides is 1. The van der Waals surface area contributed by atoms with E-state index in [4.69, 9.17) is 11.3 Å². The van der Waals surface area contributed by atoms with Crippen LogP contribution in [0.4, 0.5) is 0 Å². The van der Waals surface area contributed by atoms with Crippen molar-refractivity contribution in [1.82, 2.24) is 5.32 Å². The molecule has 0 heterocycles. The maximum atomic E-state index is 11.3. The van der Waals surface area contributed by atoms with Crippen LogP contribution in [0.5, 0.6) is 0 Å². The van der Waals surface area contributed by atoms with Crippen molar-refractivity contribution in [2.24, 2.45) is 16.8 Å². The molecule has 1 saturated carbocycles. The molecule has 84 valence electrons. The Bertz CT molecular complexity index is 282. The van der Waals surface area contributed by atoms with Crippen molar-refractivity contribution < 1.29 is 4.79 Å². The maximum Gasteiger partial charge on any atom is 0.237 e. The lowest BCUT2D eigenvalue weighted by Crippen LogP contribution is -2.55. The second kappa shape index (κ2) is 5.00. The molecule has 1 atom stereocenters. The first-order valence-corrected chi connectivity index (χ1v) is 5.17. The van der Waals surface area contributed by atoms with Crippen LogP contribution in [0.3, 0.4) is 0 Å². The minimum Gasteiger partial charge on any atom is -0.368 e. The van der Waals surface area contributed by atoms with Gasteiger partial charge in [0.05, 0.1) is 5.54 Å². The molecule has 0 aromatic carbocycles. The molecule has 1 rings (SSSR count). The Morgan fingerprint density at radius 1 is 1.73 bits per heavy atom. The summed E-state index contributed by atoms with van der Waals surface area (Å²) in [5, 5.41) is 6.58. The third kappa shape index (κ3) is 3.11. The average molecular weight is 211 g/mol. The topological polar surface area (TPSA) is 104 Å². The minimum absolute atomic E-state index is 0.297. The predicted octanol–water partition coefficient (Wildman–Crippen LogP) is 0.930. The van der Waals surface area contributed by atoms with Crippen LogP contribution in [0.2, 0.25) is 0 Å². The number of azide groups is 1. The van der Waals surface area contributed by atoms with Gasteiger partial charge in [-0.15, -0.1) is 0 Å². The van der Waals surface area contributed by atoms with Crippen LogP contribution >= 0.6 is 0 Å². The fourth-order valence-corrected chi connectivity index (χ4v) is 1.64. The molecule has 3 N–H and O–H groups in total. The Balaban J connectivity index is 2.32. The lowest BCUT2D eigenvalue weighted by Gasteiger charge is -2.27. The molecule has 1 unspecified atom stereocenters. The Morgan fingerprint density at radius 2 is 2.40 bits per heavy atom. The third-order valence-corrected chi connectivity index (χ3v) is 2.90. The van der Waals surface area contributed by atoms with Gasteiger partial charge in [0, 0.05) is 11.5 Å². The van der Waals surface area contributed by atoms with Gasteiger partial charge in [0.1, 0.15) is 0 Å². The Labute approximate surface area is 88.8 Å². The van der Waals surface area contributed by atoms with Crippen LogP contribution in [0, 0.1) is 5.92 Å². The molecular weight excluding hydrogens is 194 g/mol. The van der Waals surface area contributed by atoms with Gasteiger partial charge in [-0.25, -0.2) is 0 Å². The molecule has 0 aromatic rings. The number of rotatable bonds is 7. The van der Waals surface area contributed by atoms with E-state index in [0.29, 0.717) is 19.0 Å². The van der Waals surface area contributed by atoms with Gasteiger partial charge in [0.25, 0.3) is 0 Å². The number of hydrogen-bond acceptors (Lipinski definition) is 3. The highest BCUT2D eigenvalue weighted by molar-refractivity contribution is 5.85. The summed E-state index contributed by atoms with van der Waals surface area (Å²) in [5.74, 6) is 0.0725. The van der Waals surface area contributed by atoms with Crippen LogP contribution in [0.15, 0.2) is 5.11 Å². The van der Waals surface area contributed by atoms with Crippen molar-refractivity contribution in [3.05, 3.63) is 10.4 Å². The van der Waals surface area contributed by atoms with E-state index in [9.17, 15) is 4.79 Å². The molecule has 1 fully saturated rings. The Hall–Kier alpha value is -1.26. The van der Waals surface area contributed by atoms with Gasteiger partial charge in [-0.2, -0.15) is 0 Å². The summed E-state index contributed by atoms with van der Waals surface area (Å²) in [6.45, 7) is 2.94. The van der Waals surface area contributed by atoms with Gasteiger partial charge in [-0.05, 0) is 44.2 Å². The number of carbonyl (C=O) groups is 1. The van der Waals surface area contributed by atoms with Crippen molar-refractivity contribution >= 4 is 5.91 Å². The molecule has 1 amide bonds. The van der Waals surface area contributed by atoms with Crippen LogP contribution in [0.25, 0.3) is 10.4 Å². The number of primary amides is 1. The number of hydrogen-bond donors (Lipinski definition) is 2. The molecule has 0 bridgehead atoms. The second-order valence-electron chi connectivity index (χ2n) is 4.08. The number of nitrogens with two attached hydrogens (primary N) is 1. The zero-order chi connectivity index (χ0) is 11.3. The summed E-state index contributed by atoms with van der Waals surface area (Å²) < 4.78 is 0. The first-order chi connectivity index (χ1) is 7.11. The largest absolute Gasteiger partial charge is 0.368 e. The van der Waals surface area contributed by atoms with E-state index in [2.05, 4.69) is 15.3 Å². The lowest BCUT2D eigenvalue weighted by atomic mass is 9.95. The predicted molar refractivity (Wildman–Crippen MR) is 57.0 cm³/mol. The smallest absolute Gasteiger partial charge is 0.237 e. The molecule has 0 aliphatic heterocycles. The van der Waals surface area contributed by atoms with E-state index >= 15 is 0 Å². The van der Waals surface area contributed by atoms with Crippen LogP contribution in [-0.4, -0.2) is 24.5 Å². The van der Waals surface area contributed by atoms with E-state index in [1.807, 2.05) is 6.92 Å². The van der Waals surface area contributed by atoms with Gasteiger partial charge in [0.2, 0.25) is 5.91 Å². The van der Waals surface area contributed by atoms with Crippen LogP contribution < -0.4 is 11.1 Å². The zero-order valence-electron chi connectivity index (χ0n) is 8.94. The highest BCUT2D eigenvalue weighted by Gasteiger charge is 2.45. The average Bonchev–Trinajstić information content (AvgIpc) is 3.00. The quantitative estimate of drug-likeness (QED) is 0.283. The molecule has 1 aliphatic carbocycles. The maximum absolute atomic E-state index is 11.3. The van der Waals surface area contributed by atoms with Crippen molar-refractivity contribution in [3.8, 4) is 0 Å². The molecule has 6 nitrogen and oxygen atoms in total. The summed E-state index contributed by atoms with van der Waals surface area (Å²) >= 11 is 0. The molecule has 6 heteroatoms. The van der Waals surface area contributed by atoms with Gasteiger partial charge in [0.15, 0.2) is 0 Å². The summed E-state index contributed by atoms with van der Waals surface area (Å²) in [7, 11) is 0. The Kier molecular flexibility index (Phi) is 3.94. The molecule has 1 aliphatic rings. The summed E-state index contributed by atoms with van der Waals surface area (Å²) in [4.78, 5) is 14.0. The van der Waals surface area contributed by atoms with Crippen LogP contribution in [0.1, 0.15) is 26.2 Å². The molecule has 15 heavy (non-hydrogen) atoms. The number of nitrogens with one attached hydrogen (secondary N) is 1. The molecular formula is C9H17N5O. The van der Waals surface area contributed by atoms with Gasteiger partial charge in [-0.1, -0.05) is 5.11 Å². The van der Waals surface area contributed by atoms with E-state index in [0.717, 1.165) is 19.3 Å². The molecule has 0 spiro atoms. The molecule has 0 saturated heterocycles. The van der Waals surface area contributed by atoms with Crippen molar-refractivity contribution in [1.29, 1.82) is 0 Å². The van der Waals surface area contributed by atoms with E-state index in [1.165, 1.54) is 0 Å². The van der Waals surface area contributed by atoms with E-state index < -0.39 is 5.54 Å². The standard InChI is InChI=1S/C9H17N5O/c1-9(8(10)15,7-3-4-7)12-5-2-6-13-14-11/h7,12H,2-6H2,1H3,(H2,10,15). The first-order valence-electron chi connectivity index (χ1n) is 5.17. The van der Waals surface area contributed by atoms with Gasteiger partial charge in [-0.3, -0.25) is 4.79 Å². The second-order valence-corrected chi connectivity index (χ2v) is 4.08. The summed E-state index contributed by atoms with van der Waals surface area (Å²) in [6, 6.07) is 0. The highest BCUT2D eigenvalue weighted by Crippen LogP contribution is 2.39. The van der Waals surface area contributed by atoms with Crippen molar-refractivity contribution in [3.63, 3.8) is 0 Å². The number of carbonyl (C=O) groups excluding carboxylic acids is 1. The van der Waals surface area contributed by atoms with Gasteiger partial charge >= 0.3 is 0 Å². The van der Waals surface area contributed by atoms with Gasteiger partial charge < -0.3 is 11.1 Å². The minimum atomic E-state index is -0.587. The molecule has 0 aromatic heterocycles. The molecule has 0 radical (unpaired) electrons. The lowest BCUT2D eigenvalue weighted by molar-refractivity contribution is -0.124. The highest BCUT2D eigenvalue weighted by atomic mass is 16.1. The van der Waals surface area contributed by atoms with Crippen LogP contribution in [-0.2, 0) is 4.79 Å². The third-order valence-electron chi connectivity index (χ3n) is 2.90. The zero-order valence-corrected chi connectivity index (χ0v) is 8.94.